The average molecular weight is 299 g/mol. The highest BCUT2D eigenvalue weighted by atomic mass is 19.4. The highest BCUT2D eigenvalue weighted by molar-refractivity contribution is 6.03. The van der Waals surface area contributed by atoms with Crippen molar-refractivity contribution in [2.75, 3.05) is 11.1 Å². The largest absolute Gasteiger partial charge is 0.417 e. The quantitative estimate of drug-likeness (QED) is 0.661. The van der Waals surface area contributed by atoms with Gasteiger partial charge in [0.2, 0.25) is 0 Å². The van der Waals surface area contributed by atoms with Crippen molar-refractivity contribution in [3.63, 3.8) is 0 Å². The molecule has 2 rings (SSSR count). The second-order valence-corrected chi connectivity index (χ2v) is 4.16. The topological polar surface area (TPSA) is 68.0 Å². The van der Waals surface area contributed by atoms with Gasteiger partial charge in [0.25, 0.3) is 5.91 Å². The molecule has 0 aliphatic carbocycles. The standard InChI is InChI=1S/C13H9F4N3O/c14-8-3-9(18)5-10(4-8)20-12(21)11-2-1-7(6-19-11)13(15,16)17/h1-6H,18H2,(H,20,21). The van der Waals surface area contributed by atoms with E-state index < -0.39 is 23.5 Å². The van der Waals surface area contributed by atoms with Gasteiger partial charge < -0.3 is 11.1 Å². The molecule has 0 radical (unpaired) electrons. The summed E-state index contributed by atoms with van der Waals surface area (Å²) in [6, 6.07) is 5.07. The van der Waals surface area contributed by atoms with Crippen LogP contribution >= 0.6 is 0 Å². The molecule has 0 aliphatic rings. The molecule has 1 heterocycles. The molecule has 1 aromatic carbocycles. The van der Waals surface area contributed by atoms with Crippen LogP contribution in [0.25, 0.3) is 0 Å². The number of nitrogens with two attached hydrogens (primary N) is 1. The molecular formula is C13H9F4N3O. The summed E-state index contributed by atoms with van der Waals surface area (Å²) >= 11 is 0. The van der Waals surface area contributed by atoms with Crippen molar-refractivity contribution in [1.82, 2.24) is 4.98 Å². The van der Waals surface area contributed by atoms with Crippen LogP contribution in [0.1, 0.15) is 16.1 Å². The summed E-state index contributed by atoms with van der Waals surface area (Å²) in [5.74, 6) is -1.42. The first-order valence-electron chi connectivity index (χ1n) is 5.66. The van der Waals surface area contributed by atoms with Crippen LogP contribution in [0.5, 0.6) is 0 Å². The van der Waals surface area contributed by atoms with Crippen LogP contribution in [0, 0.1) is 5.82 Å². The van der Waals surface area contributed by atoms with E-state index in [1.807, 2.05) is 0 Å². The molecule has 0 spiro atoms. The first-order chi connectivity index (χ1) is 9.75. The maximum Gasteiger partial charge on any atom is 0.417 e. The van der Waals surface area contributed by atoms with Gasteiger partial charge in [-0.25, -0.2) is 4.39 Å². The number of rotatable bonds is 2. The zero-order valence-corrected chi connectivity index (χ0v) is 10.4. The Morgan fingerprint density at radius 2 is 1.90 bits per heavy atom. The van der Waals surface area contributed by atoms with E-state index in [0.717, 1.165) is 24.3 Å². The van der Waals surface area contributed by atoms with Crippen molar-refractivity contribution in [3.05, 3.63) is 53.6 Å². The van der Waals surface area contributed by atoms with Crippen molar-refractivity contribution in [2.45, 2.75) is 6.18 Å². The molecule has 0 bridgehead atoms. The van der Waals surface area contributed by atoms with Crippen LogP contribution < -0.4 is 11.1 Å². The number of benzene rings is 1. The third-order valence-corrected chi connectivity index (χ3v) is 2.50. The molecular weight excluding hydrogens is 290 g/mol. The number of hydrogen-bond acceptors (Lipinski definition) is 3. The van der Waals surface area contributed by atoms with Gasteiger partial charge in [0.05, 0.1) is 5.56 Å². The number of nitrogen functional groups attached to an aromatic ring is 1. The molecule has 0 saturated heterocycles. The number of carbonyl (C=O) groups excluding carboxylic acids is 1. The number of carbonyl (C=O) groups is 1. The number of halogens is 4. The molecule has 3 N–H and O–H groups in total. The summed E-state index contributed by atoms with van der Waals surface area (Å²) in [5, 5.41) is 2.30. The second-order valence-electron chi connectivity index (χ2n) is 4.16. The Bertz CT molecular complexity index is 648. The van der Waals surface area contributed by atoms with Gasteiger partial charge in [-0.05, 0) is 30.3 Å². The number of anilines is 2. The fraction of sp³-hybridized carbons (Fsp3) is 0.0769. The molecule has 0 fully saturated rings. The van der Waals surface area contributed by atoms with E-state index in [9.17, 15) is 22.4 Å². The molecule has 0 unspecified atom stereocenters. The summed E-state index contributed by atoms with van der Waals surface area (Å²) < 4.78 is 50.2. The van der Waals surface area contributed by atoms with Crippen LogP contribution in [0.3, 0.4) is 0 Å². The predicted octanol–water partition coefficient (Wildman–Crippen LogP) is 3.07. The van der Waals surface area contributed by atoms with Crippen molar-refractivity contribution in [1.29, 1.82) is 0 Å². The van der Waals surface area contributed by atoms with Gasteiger partial charge in [0.1, 0.15) is 11.5 Å². The molecule has 1 aromatic heterocycles. The van der Waals surface area contributed by atoms with Gasteiger partial charge in [0, 0.05) is 17.6 Å². The lowest BCUT2D eigenvalue weighted by Crippen LogP contribution is -2.15. The minimum Gasteiger partial charge on any atom is -0.399 e. The van der Waals surface area contributed by atoms with Gasteiger partial charge in [-0.1, -0.05) is 0 Å². The summed E-state index contributed by atoms with van der Waals surface area (Å²) in [5.41, 5.74) is 4.40. The first-order valence-corrected chi connectivity index (χ1v) is 5.66. The lowest BCUT2D eigenvalue weighted by Gasteiger charge is -2.08. The van der Waals surface area contributed by atoms with Crippen LogP contribution in [-0.2, 0) is 6.18 Å². The monoisotopic (exact) mass is 299 g/mol. The van der Waals surface area contributed by atoms with E-state index >= 15 is 0 Å². The Morgan fingerprint density at radius 1 is 1.19 bits per heavy atom. The summed E-state index contributed by atoms with van der Waals surface area (Å²) in [6.45, 7) is 0. The maximum atomic E-state index is 13.1. The predicted molar refractivity (Wildman–Crippen MR) is 68.0 cm³/mol. The molecule has 110 valence electrons. The van der Waals surface area contributed by atoms with E-state index in [4.69, 9.17) is 5.73 Å². The lowest BCUT2D eigenvalue weighted by atomic mass is 10.2. The van der Waals surface area contributed by atoms with E-state index in [2.05, 4.69) is 10.3 Å². The Labute approximate surface area is 116 Å². The van der Waals surface area contributed by atoms with Gasteiger partial charge >= 0.3 is 6.18 Å². The Balaban J connectivity index is 2.17. The third kappa shape index (κ3) is 3.68. The number of hydrogen-bond donors (Lipinski definition) is 2. The van der Waals surface area contributed by atoms with Gasteiger partial charge in [-0.2, -0.15) is 13.2 Å². The van der Waals surface area contributed by atoms with Crippen molar-refractivity contribution in [3.8, 4) is 0 Å². The molecule has 0 aliphatic heterocycles. The Hall–Kier alpha value is -2.64. The minimum absolute atomic E-state index is 0.0826. The van der Waals surface area contributed by atoms with Crippen LogP contribution in [-0.4, -0.2) is 10.9 Å². The van der Waals surface area contributed by atoms with E-state index in [0.29, 0.717) is 6.20 Å². The number of nitrogens with one attached hydrogen (secondary N) is 1. The highest BCUT2D eigenvalue weighted by Gasteiger charge is 2.30. The fourth-order valence-electron chi connectivity index (χ4n) is 1.58. The van der Waals surface area contributed by atoms with Gasteiger partial charge in [-0.15, -0.1) is 0 Å². The van der Waals surface area contributed by atoms with E-state index in [1.54, 1.807) is 0 Å². The third-order valence-electron chi connectivity index (χ3n) is 2.50. The molecule has 2 aromatic rings. The van der Waals surface area contributed by atoms with Crippen molar-refractivity contribution < 1.29 is 22.4 Å². The Kier molecular flexibility index (Phi) is 3.79. The van der Waals surface area contributed by atoms with Crippen LogP contribution in [0.15, 0.2) is 36.5 Å². The normalized spacial score (nSPS) is 11.2. The van der Waals surface area contributed by atoms with Gasteiger partial charge in [0.15, 0.2) is 0 Å². The summed E-state index contributed by atoms with van der Waals surface area (Å²) in [7, 11) is 0. The maximum absolute atomic E-state index is 13.1. The van der Waals surface area contributed by atoms with Crippen LogP contribution in [0.2, 0.25) is 0 Å². The Morgan fingerprint density at radius 3 is 2.43 bits per heavy atom. The van der Waals surface area contributed by atoms with Crippen molar-refractivity contribution in [2.24, 2.45) is 0 Å². The van der Waals surface area contributed by atoms with E-state index in [1.165, 1.54) is 6.07 Å². The molecule has 0 atom stereocenters. The minimum atomic E-state index is -4.53. The summed E-state index contributed by atoms with van der Waals surface area (Å²) in [4.78, 5) is 15.2. The van der Waals surface area contributed by atoms with Gasteiger partial charge in [-0.3, -0.25) is 9.78 Å². The lowest BCUT2D eigenvalue weighted by molar-refractivity contribution is -0.137. The average Bonchev–Trinajstić information content (AvgIpc) is 2.36. The number of nitrogens with zero attached hydrogens (tertiary/aromatic N) is 1. The molecule has 8 heteroatoms. The van der Waals surface area contributed by atoms with Crippen molar-refractivity contribution >= 4 is 17.3 Å². The number of amides is 1. The SMILES string of the molecule is Nc1cc(F)cc(NC(=O)c2ccc(C(F)(F)F)cn2)c1. The number of alkyl halides is 3. The van der Waals surface area contributed by atoms with E-state index in [-0.39, 0.29) is 17.1 Å². The molecule has 4 nitrogen and oxygen atoms in total. The number of aromatic nitrogens is 1. The molecule has 21 heavy (non-hydrogen) atoms. The zero-order valence-electron chi connectivity index (χ0n) is 10.4. The zero-order chi connectivity index (χ0) is 15.6. The second kappa shape index (κ2) is 5.39. The fourth-order valence-corrected chi connectivity index (χ4v) is 1.58. The summed E-state index contributed by atoms with van der Waals surface area (Å²) in [6.07, 6.45) is -3.98. The highest BCUT2D eigenvalue weighted by Crippen LogP contribution is 2.28. The first kappa shape index (κ1) is 14.8. The number of pyridine rings is 1. The molecule has 1 amide bonds. The van der Waals surface area contributed by atoms with Crippen LogP contribution in [0.4, 0.5) is 28.9 Å². The molecule has 0 saturated carbocycles. The smallest absolute Gasteiger partial charge is 0.399 e.